The van der Waals surface area contributed by atoms with Gasteiger partial charge in [-0.2, -0.15) is 0 Å². The zero-order chi connectivity index (χ0) is 21.7. The molecule has 2 fully saturated rings. The smallest absolute Gasteiger partial charge is 0.284 e. The Morgan fingerprint density at radius 1 is 1.13 bits per heavy atom. The number of nitrogens with zero attached hydrogens (tertiary/aromatic N) is 4. The molecule has 2 atom stereocenters. The molecule has 1 aromatic heterocycles. The molecular formula is C21H35IN6O3. The van der Waals surface area contributed by atoms with Crippen molar-refractivity contribution < 1.29 is 14.0 Å². The molecule has 3 heterocycles. The number of aliphatic imine (C=N–C) groups is 1. The quantitative estimate of drug-likeness (QED) is 0.327. The number of piperazine rings is 1. The lowest BCUT2D eigenvalue weighted by atomic mass is 9.92. The molecule has 0 aliphatic carbocycles. The SMILES string of the molecule is CN=C(NCc1ccc(C(N)=O)o1)N1CCN(CC(=O)N2CC(C)CC(C)C2)CC1.I. The van der Waals surface area contributed by atoms with Crippen LogP contribution in [0.2, 0.25) is 0 Å². The Bertz CT molecular complexity index is 765. The van der Waals surface area contributed by atoms with Gasteiger partial charge in [-0.15, -0.1) is 24.0 Å². The molecule has 1 aromatic rings. The third-order valence-electron chi connectivity index (χ3n) is 5.79. The number of primary amides is 1. The highest BCUT2D eigenvalue weighted by Crippen LogP contribution is 2.21. The molecule has 0 spiro atoms. The first-order chi connectivity index (χ1) is 14.4. The number of hydrogen-bond acceptors (Lipinski definition) is 5. The number of piperidine rings is 1. The summed E-state index contributed by atoms with van der Waals surface area (Å²) < 4.78 is 5.40. The predicted octanol–water partition coefficient (Wildman–Crippen LogP) is 1.19. The predicted molar refractivity (Wildman–Crippen MR) is 130 cm³/mol. The number of halogens is 1. The molecule has 0 bridgehead atoms. The van der Waals surface area contributed by atoms with Gasteiger partial charge in [-0.25, -0.2) is 0 Å². The second-order valence-corrected chi connectivity index (χ2v) is 8.54. The number of carbonyl (C=O) groups is 2. The van der Waals surface area contributed by atoms with Crippen LogP contribution in [0.25, 0.3) is 0 Å². The van der Waals surface area contributed by atoms with Crippen LogP contribution in [0.4, 0.5) is 0 Å². The van der Waals surface area contributed by atoms with Crippen molar-refractivity contribution in [2.24, 2.45) is 22.6 Å². The second-order valence-electron chi connectivity index (χ2n) is 8.54. The first-order valence-electron chi connectivity index (χ1n) is 10.7. The molecule has 3 rings (SSSR count). The summed E-state index contributed by atoms with van der Waals surface area (Å²) in [6.45, 7) is 10.3. The van der Waals surface area contributed by atoms with Gasteiger partial charge in [-0.3, -0.25) is 19.5 Å². The lowest BCUT2D eigenvalue weighted by Crippen LogP contribution is -2.55. The maximum atomic E-state index is 12.7. The average Bonchev–Trinajstić information content (AvgIpc) is 3.18. The minimum atomic E-state index is -0.579. The fraction of sp³-hybridized carbons (Fsp3) is 0.667. The summed E-state index contributed by atoms with van der Waals surface area (Å²) in [5.41, 5.74) is 5.22. The largest absolute Gasteiger partial charge is 0.454 e. The van der Waals surface area contributed by atoms with E-state index in [9.17, 15) is 9.59 Å². The van der Waals surface area contributed by atoms with E-state index in [0.717, 1.165) is 45.2 Å². The summed E-state index contributed by atoms with van der Waals surface area (Å²) in [7, 11) is 1.74. The first kappa shape index (κ1) is 25.4. The van der Waals surface area contributed by atoms with Crippen molar-refractivity contribution in [3.8, 4) is 0 Å². The van der Waals surface area contributed by atoms with E-state index in [-0.39, 0.29) is 35.6 Å². The van der Waals surface area contributed by atoms with Gasteiger partial charge >= 0.3 is 0 Å². The Kier molecular flexibility index (Phi) is 9.60. The Hall–Kier alpha value is -1.82. The maximum Gasteiger partial charge on any atom is 0.284 e. The summed E-state index contributed by atoms with van der Waals surface area (Å²) >= 11 is 0. The van der Waals surface area contributed by atoms with Crippen molar-refractivity contribution >= 4 is 41.8 Å². The van der Waals surface area contributed by atoms with Crippen molar-refractivity contribution in [1.82, 2.24) is 20.0 Å². The molecule has 0 aromatic carbocycles. The van der Waals surface area contributed by atoms with Crippen LogP contribution in [0.15, 0.2) is 21.5 Å². The standard InChI is InChI=1S/C21H34N6O3.HI/c1-15-10-16(2)13-27(12-15)19(28)14-25-6-8-26(9-7-25)21(23-3)24-11-17-4-5-18(30-17)20(22)29;/h4-5,15-16H,6-14H2,1-3H3,(H2,22,29)(H,23,24);1H. The molecule has 174 valence electrons. The van der Waals surface area contributed by atoms with Gasteiger partial charge < -0.3 is 25.3 Å². The lowest BCUT2D eigenvalue weighted by molar-refractivity contribution is -0.135. The number of likely N-dealkylation sites (tertiary alicyclic amines) is 1. The van der Waals surface area contributed by atoms with Crippen LogP contribution in [0, 0.1) is 11.8 Å². The molecule has 3 N–H and O–H groups in total. The molecule has 2 aliphatic heterocycles. The Morgan fingerprint density at radius 3 is 2.32 bits per heavy atom. The molecule has 31 heavy (non-hydrogen) atoms. The van der Waals surface area contributed by atoms with Crippen molar-refractivity contribution in [2.45, 2.75) is 26.8 Å². The van der Waals surface area contributed by atoms with E-state index in [0.29, 0.717) is 30.7 Å². The van der Waals surface area contributed by atoms with Gasteiger partial charge in [0.1, 0.15) is 5.76 Å². The molecule has 0 saturated carbocycles. The Labute approximate surface area is 201 Å². The number of rotatable bonds is 5. The van der Waals surface area contributed by atoms with Gasteiger partial charge in [-0.1, -0.05) is 13.8 Å². The van der Waals surface area contributed by atoms with Gasteiger partial charge in [0.05, 0.1) is 13.1 Å². The van der Waals surface area contributed by atoms with Crippen LogP contribution in [-0.2, 0) is 11.3 Å². The number of amides is 2. The maximum absolute atomic E-state index is 12.7. The van der Waals surface area contributed by atoms with Crippen LogP contribution in [0.3, 0.4) is 0 Å². The highest BCUT2D eigenvalue weighted by molar-refractivity contribution is 14.0. The van der Waals surface area contributed by atoms with Crippen LogP contribution in [0.1, 0.15) is 36.6 Å². The van der Waals surface area contributed by atoms with Crippen molar-refractivity contribution in [3.05, 3.63) is 23.7 Å². The van der Waals surface area contributed by atoms with E-state index < -0.39 is 5.91 Å². The molecule has 0 radical (unpaired) electrons. The minimum absolute atomic E-state index is 0. The highest BCUT2D eigenvalue weighted by Gasteiger charge is 2.28. The van der Waals surface area contributed by atoms with E-state index in [1.165, 1.54) is 6.42 Å². The number of nitrogens with two attached hydrogens (primary N) is 1. The number of furan rings is 1. The Balaban J connectivity index is 0.00000341. The van der Waals surface area contributed by atoms with Crippen LogP contribution in [-0.4, -0.2) is 85.3 Å². The zero-order valence-electron chi connectivity index (χ0n) is 18.7. The van der Waals surface area contributed by atoms with Crippen LogP contribution in [0.5, 0.6) is 0 Å². The van der Waals surface area contributed by atoms with Crippen molar-refractivity contribution in [3.63, 3.8) is 0 Å². The average molecular weight is 546 g/mol. The molecule has 2 unspecified atom stereocenters. The van der Waals surface area contributed by atoms with E-state index in [1.807, 2.05) is 4.90 Å². The molecular weight excluding hydrogens is 511 g/mol. The first-order valence-corrected chi connectivity index (χ1v) is 10.7. The van der Waals surface area contributed by atoms with E-state index in [4.69, 9.17) is 10.2 Å². The fourth-order valence-corrected chi connectivity index (χ4v) is 4.38. The molecule has 9 nitrogen and oxygen atoms in total. The molecule has 10 heteroatoms. The van der Waals surface area contributed by atoms with E-state index >= 15 is 0 Å². The fourth-order valence-electron chi connectivity index (χ4n) is 4.38. The summed E-state index contributed by atoms with van der Waals surface area (Å²) in [5.74, 6) is 2.37. The number of guanidine groups is 1. The summed E-state index contributed by atoms with van der Waals surface area (Å²) in [6, 6.07) is 3.30. The second kappa shape index (κ2) is 11.7. The minimum Gasteiger partial charge on any atom is -0.454 e. The normalized spacial score (nSPS) is 22.7. The third kappa shape index (κ3) is 7.09. The number of carbonyl (C=O) groups excluding carboxylic acids is 2. The Morgan fingerprint density at radius 2 is 1.77 bits per heavy atom. The number of nitrogens with one attached hydrogen (secondary N) is 1. The third-order valence-corrected chi connectivity index (χ3v) is 5.79. The molecule has 2 amide bonds. The highest BCUT2D eigenvalue weighted by atomic mass is 127. The molecule has 2 saturated heterocycles. The van der Waals surface area contributed by atoms with Crippen LogP contribution < -0.4 is 11.1 Å². The summed E-state index contributed by atoms with van der Waals surface area (Å²) in [5, 5.41) is 3.26. The van der Waals surface area contributed by atoms with Crippen molar-refractivity contribution in [1.29, 1.82) is 0 Å². The van der Waals surface area contributed by atoms with Gasteiger partial charge in [0.25, 0.3) is 5.91 Å². The van der Waals surface area contributed by atoms with E-state index in [1.54, 1.807) is 19.2 Å². The van der Waals surface area contributed by atoms with Gasteiger partial charge in [0.15, 0.2) is 11.7 Å². The monoisotopic (exact) mass is 546 g/mol. The number of hydrogen-bond donors (Lipinski definition) is 2. The molecule has 2 aliphatic rings. The topological polar surface area (TPSA) is 107 Å². The summed E-state index contributed by atoms with van der Waals surface area (Å²) in [6.07, 6.45) is 1.20. The van der Waals surface area contributed by atoms with Crippen molar-refractivity contribution in [2.75, 3.05) is 52.9 Å². The van der Waals surface area contributed by atoms with Gasteiger partial charge in [-0.05, 0) is 30.4 Å². The lowest BCUT2D eigenvalue weighted by Gasteiger charge is -2.39. The van der Waals surface area contributed by atoms with Crippen LogP contribution >= 0.6 is 24.0 Å². The zero-order valence-corrected chi connectivity index (χ0v) is 21.0. The van der Waals surface area contributed by atoms with E-state index in [2.05, 4.69) is 34.0 Å². The van der Waals surface area contributed by atoms with Gasteiger partial charge in [0, 0.05) is 46.3 Å². The summed E-state index contributed by atoms with van der Waals surface area (Å²) in [4.78, 5) is 34.7. The van der Waals surface area contributed by atoms with Gasteiger partial charge in [0.2, 0.25) is 5.91 Å².